The SMILES string of the molecule is Nc1cc(Cl)ncc1OC(F)F. The zero-order valence-corrected chi connectivity index (χ0v) is 6.55. The average molecular weight is 195 g/mol. The van der Waals surface area contributed by atoms with Crippen molar-refractivity contribution in [2.24, 2.45) is 0 Å². The second kappa shape index (κ2) is 3.53. The summed E-state index contributed by atoms with van der Waals surface area (Å²) >= 11 is 5.42. The van der Waals surface area contributed by atoms with Crippen molar-refractivity contribution in [3.63, 3.8) is 0 Å². The fourth-order valence-electron chi connectivity index (χ4n) is 0.626. The third-order valence-electron chi connectivity index (χ3n) is 1.08. The van der Waals surface area contributed by atoms with E-state index in [9.17, 15) is 8.78 Å². The lowest BCUT2D eigenvalue weighted by molar-refractivity contribution is -0.0495. The van der Waals surface area contributed by atoms with E-state index in [0.717, 1.165) is 6.20 Å². The monoisotopic (exact) mass is 194 g/mol. The van der Waals surface area contributed by atoms with E-state index in [1.54, 1.807) is 0 Å². The molecule has 12 heavy (non-hydrogen) atoms. The molecule has 0 fully saturated rings. The van der Waals surface area contributed by atoms with Crippen molar-refractivity contribution in [2.75, 3.05) is 5.73 Å². The smallest absolute Gasteiger partial charge is 0.387 e. The summed E-state index contributed by atoms with van der Waals surface area (Å²) < 4.78 is 27.3. The van der Waals surface area contributed by atoms with Crippen LogP contribution in [0.25, 0.3) is 0 Å². The summed E-state index contributed by atoms with van der Waals surface area (Å²) in [6, 6.07) is 1.24. The van der Waals surface area contributed by atoms with E-state index >= 15 is 0 Å². The van der Waals surface area contributed by atoms with Gasteiger partial charge in [0.25, 0.3) is 0 Å². The standard InChI is InChI=1S/C6H5ClF2N2O/c7-5-1-3(10)4(2-11-5)12-6(8)9/h1-2,6H,(H2,10,11). The first kappa shape index (κ1) is 8.99. The molecule has 0 unspecified atom stereocenters. The second-order valence-corrected chi connectivity index (χ2v) is 2.31. The molecular formula is C6H5ClF2N2O. The number of alkyl halides is 2. The number of ether oxygens (including phenoxy) is 1. The first-order valence-corrected chi connectivity index (χ1v) is 3.33. The van der Waals surface area contributed by atoms with Gasteiger partial charge in [0, 0.05) is 6.07 Å². The molecule has 0 aliphatic heterocycles. The van der Waals surface area contributed by atoms with Crippen LogP contribution in [0.2, 0.25) is 5.15 Å². The first-order chi connectivity index (χ1) is 5.59. The highest BCUT2D eigenvalue weighted by atomic mass is 35.5. The molecule has 1 aromatic heterocycles. The number of hydrogen-bond acceptors (Lipinski definition) is 3. The van der Waals surface area contributed by atoms with E-state index in [0.29, 0.717) is 0 Å². The van der Waals surface area contributed by atoms with Crippen LogP contribution < -0.4 is 10.5 Å². The molecule has 0 aliphatic carbocycles. The number of anilines is 1. The summed E-state index contributed by atoms with van der Waals surface area (Å²) in [6.45, 7) is -2.91. The Morgan fingerprint density at radius 2 is 2.25 bits per heavy atom. The van der Waals surface area contributed by atoms with Crippen LogP contribution in [0.4, 0.5) is 14.5 Å². The minimum absolute atomic E-state index is 0.0373. The zero-order valence-electron chi connectivity index (χ0n) is 5.80. The predicted octanol–water partition coefficient (Wildman–Crippen LogP) is 1.92. The number of nitrogens with two attached hydrogens (primary N) is 1. The lowest BCUT2D eigenvalue weighted by Crippen LogP contribution is -2.04. The van der Waals surface area contributed by atoms with Crippen molar-refractivity contribution in [3.05, 3.63) is 17.4 Å². The van der Waals surface area contributed by atoms with E-state index in [1.807, 2.05) is 0 Å². The van der Waals surface area contributed by atoms with Crippen LogP contribution in [0.15, 0.2) is 12.3 Å². The first-order valence-electron chi connectivity index (χ1n) is 2.95. The molecule has 6 heteroatoms. The van der Waals surface area contributed by atoms with Gasteiger partial charge in [-0.25, -0.2) is 4.98 Å². The topological polar surface area (TPSA) is 48.1 Å². The van der Waals surface area contributed by atoms with E-state index < -0.39 is 6.61 Å². The largest absolute Gasteiger partial charge is 0.431 e. The highest BCUT2D eigenvalue weighted by molar-refractivity contribution is 6.29. The number of rotatable bonds is 2. The molecule has 3 nitrogen and oxygen atoms in total. The Morgan fingerprint density at radius 1 is 1.58 bits per heavy atom. The number of hydrogen-bond donors (Lipinski definition) is 1. The lowest BCUT2D eigenvalue weighted by Gasteiger charge is -2.05. The number of nitrogen functional groups attached to an aromatic ring is 1. The van der Waals surface area contributed by atoms with Gasteiger partial charge in [0.1, 0.15) is 5.15 Å². The van der Waals surface area contributed by atoms with Gasteiger partial charge in [-0.3, -0.25) is 0 Å². The Balaban J connectivity index is 2.86. The lowest BCUT2D eigenvalue weighted by atomic mass is 10.4. The van der Waals surface area contributed by atoms with Crippen molar-refractivity contribution in [1.29, 1.82) is 0 Å². The second-order valence-electron chi connectivity index (χ2n) is 1.92. The zero-order chi connectivity index (χ0) is 9.14. The Hall–Kier alpha value is -1.10. The van der Waals surface area contributed by atoms with Gasteiger partial charge >= 0.3 is 6.61 Å². The maximum atomic E-state index is 11.7. The number of aromatic nitrogens is 1. The van der Waals surface area contributed by atoms with E-state index in [-0.39, 0.29) is 16.6 Å². The Bertz CT molecular complexity index is 282. The van der Waals surface area contributed by atoms with Gasteiger partial charge in [0.05, 0.1) is 11.9 Å². The van der Waals surface area contributed by atoms with Crippen molar-refractivity contribution in [3.8, 4) is 5.75 Å². The Kier molecular flexibility index (Phi) is 2.65. The highest BCUT2D eigenvalue weighted by Crippen LogP contribution is 2.23. The third-order valence-corrected chi connectivity index (χ3v) is 1.29. The van der Waals surface area contributed by atoms with Gasteiger partial charge < -0.3 is 10.5 Å². The molecule has 0 radical (unpaired) electrons. The minimum Gasteiger partial charge on any atom is -0.431 e. The molecule has 1 heterocycles. The summed E-state index contributed by atoms with van der Waals surface area (Å²) in [4.78, 5) is 3.52. The van der Waals surface area contributed by atoms with Crippen LogP contribution in [-0.2, 0) is 0 Å². The number of halogens is 3. The Labute approximate surface area is 72.1 Å². The van der Waals surface area contributed by atoms with Crippen LogP contribution in [-0.4, -0.2) is 11.6 Å². The molecule has 2 N–H and O–H groups in total. The minimum atomic E-state index is -2.91. The summed E-state index contributed by atoms with van der Waals surface area (Å²) in [5.41, 5.74) is 5.32. The molecule has 0 amide bonds. The fourth-order valence-corrected chi connectivity index (χ4v) is 0.792. The van der Waals surface area contributed by atoms with E-state index in [1.165, 1.54) is 6.07 Å². The van der Waals surface area contributed by atoms with Crippen LogP contribution in [0, 0.1) is 0 Å². The number of pyridine rings is 1. The molecular weight excluding hydrogens is 190 g/mol. The molecule has 0 spiro atoms. The Morgan fingerprint density at radius 3 is 2.75 bits per heavy atom. The quantitative estimate of drug-likeness (QED) is 0.732. The van der Waals surface area contributed by atoms with E-state index in [4.69, 9.17) is 17.3 Å². The molecule has 0 saturated heterocycles. The molecule has 1 aromatic rings. The molecule has 0 bridgehead atoms. The molecule has 66 valence electrons. The van der Waals surface area contributed by atoms with Gasteiger partial charge in [-0.15, -0.1) is 0 Å². The van der Waals surface area contributed by atoms with Gasteiger partial charge in [0.15, 0.2) is 5.75 Å². The number of nitrogens with zero attached hydrogens (tertiary/aromatic N) is 1. The summed E-state index contributed by atoms with van der Waals surface area (Å²) in [7, 11) is 0. The fraction of sp³-hybridized carbons (Fsp3) is 0.167. The van der Waals surface area contributed by atoms with Crippen molar-refractivity contribution < 1.29 is 13.5 Å². The van der Waals surface area contributed by atoms with E-state index in [2.05, 4.69) is 9.72 Å². The van der Waals surface area contributed by atoms with Crippen LogP contribution in [0.5, 0.6) is 5.75 Å². The predicted molar refractivity (Wildman–Crippen MR) is 40.3 cm³/mol. The molecule has 0 aliphatic rings. The molecule has 0 aromatic carbocycles. The summed E-state index contributed by atoms with van der Waals surface area (Å²) in [6.07, 6.45) is 1.05. The van der Waals surface area contributed by atoms with Crippen LogP contribution in [0.1, 0.15) is 0 Å². The van der Waals surface area contributed by atoms with Crippen LogP contribution >= 0.6 is 11.6 Å². The van der Waals surface area contributed by atoms with Gasteiger partial charge in [-0.1, -0.05) is 11.6 Å². The molecule has 0 saturated carbocycles. The van der Waals surface area contributed by atoms with Crippen LogP contribution in [0.3, 0.4) is 0 Å². The van der Waals surface area contributed by atoms with Gasteiger partial charge in [-0.2, -0.15) is 8.78 Å². The average Bonchev–Trinajstić information content (AvgIpc) is 1.94. The van der Waals surface area contributed by atoms with Crippen molar-refractivity contribution in [1.82, 2.24) is 4.98 Å². The summed E-state index contributed by atoms with van der Waals surface area (Å²) in [5.74, 6) is -0.172. The van der Waals surface area contributed by atoms with Gasteiger partial charge in [0.2, 0.25) is 0 Å². The maximum absolute atomic E-state index is 11.7. The molecule has 0 atom stereocenters. The van der Waals surface area contributed by atoms with Crippen molar-refractivity contribution >= 4 is 17.3 Å². The highest BCUT2D eigenvalue weighted by Gasteiger charge is 2.08. The summed E-state index contributed by atoms with van der Waals surface area (Å²) in [5, 5.41) is 0.133. The van der Waals surface area contributed by atoms with Gasteiger partial charge in [-0.05, 0) is 0 Å². The van der Waals surface area contributed by atoms with Crippen molar-refractivity contribution in [2.45, 2.75) is 6.61 Å². The molecule has 1 rings (SSSR count). The normalized spacial score (nSPS) is 10.3. The third kappa shape index (κ3) is 2.20. The maximum Gasteiger partial charge on any atom is 0.387 e.